The van der Waals surface area contributed by atoms with E-state index in [-0.39, 0.29) is 10.6 Å². The van der Waals surface area contributed by atoms with Crippen LogP contribution in [0.25, 0.3) is 0 Å². The van der Waals surface area contributed by atoms with Crippen molar-refractivity contribution in [3.8, 4) is 0 Å². The predicted molar refractivity (Wildman–Crippen MR) is 71.8 cm³/mol. The molecule has 0 saturated heterocycles. The van der Waals surface area contributed by atoms with Crippen molar-refractivity contribution in [1.82, 2.24) is 5.32 Å². The van der Waals surface area contributed by atoms with E-state index in [0.29, 0.717) is 23.0 Å². The van der Waals surface area contributed by atoms with Gasteiger partial charge in [-0.2, -0.15) is 0 Å². The smallest absolute Gasteiger partial charge is 0.275 e. The van der Waals surface area contributed by atoms with Crippen molar-refractivity contribution in [2.45, 2.75) is 32.2 Å². The molecule has 0 radical (unpaired) electrons. The van der Waals surface area contributed by atoms with Crippen LogP contribution in [0.5, 0.6) is 0 Å². The number of nitrogens with one attached hydrogen (secondary N) is 1. The van der Waals surface area contributed by atoms with Gasteiger partial charge in [-0.3, -0.25) is 10.1 Å². The first kappa shape index (κ1) is 13.3. The number of hydrogen-bond donors (Lipinski definition) is 1. The van der Waals surface area contributed by atoms with Crippen LogP contribution in [0.2, 0.25) is 5.02 Å². The van der Waals surface area contributed by atoms with Crippen molar-refractivity contribution >= 4 is 17.3 Å². The van der Waals surface area contributed by atoms with Gasteiger partial charge in [0.25, 0.3) is 5.69 Å². The molecule has 0 atom stereocenters. The minimum atomic E-state index is -0.377. The summed E-state index contributed by atoms with van der Waals surface area (Å²) < 4.78 is 0. The number of halogens is 1. The Morgan fingerprint density at radius 3 is 2.78 bits per heavy atom. The lowest BCUT2D eigenvalue weighted by atomic mass is 10.1. The van der Waals surface area contributed by atoms with E-state index >= 15 is 0 Å². The average molecular weight is 269 g/mol. The van der Waals surface area contributed by atoms with Crippen LogP contribution in [0.15, 0.2) is 18.2 Å². The summed E-state index contributed by atoms with van der Waals surface area (Å²) in [5, 5.41) is 14.7. The maximum atomic E-state index is 10.9. The second-order valence-corrected chi connectivity index (χ2v) is 5.18. The molecule has 0 spiro atoms. The van der Waals surface area contributed by atoms with E-state index in [4.69, 9.17) is 11.6 Å². The van der Waals surface area contributed by atoms with Gasteiger partial charge in [0, 0.05) is 12.6 Å². The third kappa shape index (κ3) is 3.21. The molecule has 1 saturated carbocycles. The Labute approximate surface area is 111 Å². The van der Waals surface area contributed by atoms with Gasteiger partial charge >= 0.3 is 0 Å². The first-order chi connectivity index (χ1) is 8.68. The number of rotatable bonds is 5. The molecule has 18 heavy (non-hydrogen) atoms. The molecule has 0 heterocycles. The molecule has 0 amide bonds. The lowest BCUT2D eigenvalue weighted by molar-refractivity contribution is -0.385. The molecular formula is C13H17ClN2O2. The third-order valence-corrected chi connectivity index (χ3v) is 3.85. The van der Waals surface area contributed by atoms with Gasteiger partial charge in [0.05, 0.1) is 15.5 Å². The quantitative estimate of drug-likeness (QED) is 0.656. The van der Waals surface area contributed by atoms with E-state index in [0.717, 1.165) is 6.54 Å². The van der Waals surface area contributed by atoms with E-state index < -0.39 is 0 Å². The van der Waals surface area contributed by atoms with Gasteiger partial charge < -0.3 is 5.32 Å². The fourth-order valence-electron chi connectivity index (χ4n) is 2.51. The Morgan fingerprint density at radius 1 is 1.39 bits per heavy atom. The van der Waals surface area contributed by atoms with Gasteiger partial charge in [-0.1, -0.05) is 30.5 Å². The summed E-state index contributed by atoms with van der Waals surface area (Å²) in [5.74, 6) is 0.714. The van der Waals surface area contributed by atoms with E-state index in [1.54, 1.807) is 12.1 Å². The second kappa shape index (κ2) is 6.16. The molecule has 0 unspecified atom stereocenters. The summed E-state index contributed by atoms with van der Waals surface area (Å²) in [4.78, 5) is 10.5. The van der Waals surface area contributed by atoms with Gasteiger partial charge in [-0.15, -0.1) is 0 Å². The summed E-state index contributed by atoms with van der Waals surface area (Å²) in [5.41, 5.74) is 0.684. The largest absolute Gasteiger partial charge is 0.312 e. The average Bonchev–Trinajstić information content (AvgIpc) is 2.84. The lowest BCUT2D eigenvalue weighted by Crippen LogP contribution is -2.21. The third-order valence-electron chi connectivity index (χ3n) is 3.50. The summed E-state index contributed by atoms with van der Waals surface area (Å²) in [6.07, 6.45) is 5.13. The highest BCUT2D eigenvalue weighted by Gasteiger charge is 2.18. The lowest BCUT2D eigenvalue weighted by Gasteiger charge is -2.11. The minimum absolute atomic E-state index is 0.0985. The fraction of sp³-hybridized carbons (Fsp3) is 0.538. The normalized spacial score (nSPS) is 16.1. The molecular weight excluding hydrogens is 252 g/mol. The SMILES string of the molecule is O=[N+]([O-])c1cccc(Cl)c1CNCC1CCCC1. The van der Waals surface area contributed by atoms with Gasteiger partial charge in [-0.25, -0.2) is 0 Å². The Bertz CT molecular complexity index is 431. The van der Waals surface area contributed by atoms with Crippen LogP contribution in [0.3, 0.4) is 0 Å². The summed E-state index contributed by atoms with van der Waals surface area (Å²) in [7, 11) is 0. The molecule has 1 aliphatic rings. The van der Waals surface area contributed by atoms with E-state index in [1.807, 2.05) is 0 Å². The fourth-order valence-corrected chi connectivity index (χ4v) is 2.75. The zero-order chi connectivity index (χ0) is 13.0. The highest BCUT2D eigenvalue weighted by atomic mass is 35.5. The van der Waals surface area contributed by atoms with Gasteiger partial charge in [0.1, 0.15) is 0 Å². The number of nitro groups is 1. The van der Waals surface area contributed by atoms with Crippen LogP contribution in [-0.4, -0.2) is 11.5 Å². The molecule has 0 aromatic heterocycles. The molecule has 1 N–H and O–H groups in total. The Kier molecular flexibility index (Phi) is 4.55. The van der Waals surface area contributed by atoms with Crippen LogP contribution >= 0.6 is 11.6 Å². The zero-order valence-electron chi connectivity index (χ0n) is 10.2. The topological polar surface area (TPSA) is 55.2 Å². The van der Waals surface area contributed by atoms with E-state index in [2.05, 4.69) is 5.32 Å². The molecule has 1 aromatic carbocycles. The number of benzene rings is 1. The molecule has 0 bridgehead atoms. The van der Waals surface area contributed by atoms with Crippen molar-refractivity contribution in [1.29, 1.82) is 0 Å². The first-order valence-electron chi connectivity index (χ1n) is 6.31. The standard InChI is InChI=1S/C13H17ClN2O2/c14-12-6-3-7-13(16(17)18)11(12)9-15-8-10-4-1-2-5-10/h3,6-7,10,15H,1-2,4-5,8-9H2. The molecule has 1 aliphatic carbocycles. The van der Waals surface area contributed by atoms with Gasteiger partial charge in [-0.05, 0) is 31.4 Å². The number of hydrogen-bond acceptors (Lipinski definition) is 3. The Morgan fingerprint density at radius 2 is 2.11 bits per heavy atom. The Hall–Kier alpha value is -1.13. The predicted octanol–water partition coefficient (Wildman–Crippen LogP) is 3.53. The Balaban J connectivity index is 1.97. The number of nitrogens with zero attached hydrogens (tertiary/aromatic N) is 1. The van der Waals surface area contributed by atoms with Gasteiger partial charge in [0.15, 0.2) is 0 Å². The molecule has 1 fully saturated rings. The van der Waals surface area contributed by atoms with Crippen LogP contribution in [-0.2, 0) is 6.54 Å². The first-order valence-corrected chi connectivity index (χ1v) is 6.69. The maximum Gasteiger partial charge on any atom is 0.275 e. The summed E-state index contributed by atoms with van der Waals surface area (Å²) in [6, 6.07) is 4.81. The maximum absolute atomic E-state index is 10.9. The van der Waals surface area contributed by atoms with Crippen LogP contribution in [0.1, 0.15) is 31.2 Å². The van der Waals surface area contributed by atoms with E-state index in [9.17, 15) is 10.1 Å². The van der Waals surface area contributed by atoms with E-state index in [1.165, 1.54) is 31.7 Å². The molecule has 4 nitrogen and oxygen atoms in total. The molecule has 5 heteroatoms. The van der Waals surface area contributed by atoms with Crippen LogP contribution in [0.4, 0.5) is 5.69 Å². The second-order valence-electron chi connectivity index (χ2n) is 4.78. The molecule has 0 aliphatic heterocycles. The van der Waals surface area contributed by atoms with Crippen LogP contribution < -0.4 is 5.32 Å². The monoisotopic (exact) mass is 268 g/mol. The van der Waals surface area contributed by atoms with Crippen molar-refractivity contribution < 1.29 is 4.92 Å². The molecule has 98 valence electrons. The van der Waals surface area contributed by atoms with Crippen LogP contribution in [0, 0.1) is 16.0 Å². The van der Waals surface area contributed by atoms with Crippen molar-refractivity contribution in [2.75, 3.05) is 6.54 Å². The van der Waals surface area contributed by atoms with Crippen molar-refractivity contribution in [3.05, 3.63) is 38.9 Å². The van der Waals surface area contributed by atoms with Crippen molar-refractivity contribution in [3.63, 3.8) is 0 Å². The highest BCUT2D eigenvalue weighted by molar-refractivity contribution is 6.31. The summed E-state index contributed by atoms with van der Waals surface area (Å²) in [6.45, 7) is 1.38. The summed E-state index contributed by atoms with van der Waals surface area (Å²) >= 11 is 6.02. The zero-order valence-corrected chi connectivity index (χ0v) is 10.9. The van der Waals surface area contributed by atoms with Gasteiger partial charge in [0.2, 0.25) is 0 Å². The molecule has 1 aromatic rings. The molecule has 2 rings (SSSR count). The highest BCUT2D eigenvalue weighted by Crippen LogP contribution is 2.27. The van der Waals surface area contributed by atoms with Crippen molar-refractivity contribution in [2.24, 2.45) is 5.92 Å². The minimum Gasteiger partial charge on any atom is -0.312 e. The number of nitro benzene ring substituents is 1.